The molecular formula is C10H17NO2. The fourth-order valence-corrected chi connectivity index (χ4v) is 2.35. The fourth-order valence-electron chi connectivity index (χ4n) is 2.35. The van der Waals surface area contributed by atoms with Crippen molar-refractivity contribution in [2.24, 2.45) is 0 Å². The number of nitrogens with zero attached hydrogens (tertiary/aromatic N) is 1. The van der Waals surface area contributed by atoms with Gasteiger partial charge in [-0.25, -0.2) is 0 Å². The van der Waals surface area contributed by atoms with Crippen LogP contribution in [0.3, 0.4) is 0 Å². The average Bonchev–Trinajstić information content (AvgIpc) is 2.24. The highest BCUT2D eigenvalue weighted by Gasteiger charge is 2.42. The van der Waals surface area contributed by atoms with Crippen LogP contribution in [0.2, 0.25) is 0 Å². The van der Waals surface area contributed by atoms with Crippen molar-refractivity contribution in [1.82, 2.24) is 4.90 Å². The summed E-state index contributed by atoms with van der Waals surface area (Å²) in [6.45, 7) is 0.858. The summed E-state index contributed by atoms with van der Waals surface area (Å²) in [5.41, 5.74) is -0.216. The van der Waals surface area contributed by atoms with Crippen molar-refractivity contribution in [3.05, 3.63) is 12.2 Å². The highest BCUT2D eigenvalue weighted by molar-refractivity contribution is 5.16. The number of likely N-dealkylation sites (N-methyl/N-ethyl adjacent to an activating group) is 1. The summed E-state index contributed by atoms with van der Waals surface area (Å²) in [6.07, 6.45) is 5.63. The first-order valence-corrected chi connectivity index (χ1v) is 4.80. The molecule has 0 aromatic carbocycles. The van der Waals surface area contributed by atoms with E-state index in [1.807, 2.05) is 14.1 Å². The molecule has 0 spiro atoms. The van der Waals surface area contributed by atoms with E-state index in [9.17, 15) is 5.11 Å². The summed E-state index contributed by atoms with van der Waals surface area (Å²) in [6, 6.07) is 0. The van der Waals surface area contributed by atoms with Crippen molar-refractivity contribution < 1.29 is 9.84 Å². The Morgan fingerprint density at radius 3 is 3.08 bits per heavy atom. The van der Waals surface area contributed by atoms with Crippen LogP contribution in [0.15, 0.2) is 12.2 Å². The van der Waals surface area contributed by atoms with Gasteiger partial charge in [0.15, 0.2) is 0 Å². The van der Waals surface area contributed by atoms with Crippen LogP contribution in [0.4, 0.5) is 0 Å². The molecular weight excluding hydrogens is 166 g/mol. The monoisotopic (exact) mass is 183 g/mol. The molecule has 2 bridgehead atoms. The Hall–Kier alpha value is -0.380. The Balaban J connectivity index is 2.09. The van der Waals surface area contributed by atoms with E-state index in [0.29, 0.717) is 0 Å². The lowest BCUT2D eigenvalue weighted by molar-refractivity contribution is -0.111. The standard InChI is InChI=1S/C10H17NO2/c1-11(2)7-10-4-3-9(13-10)5-8(12)6-10/h3-4,8-9,12H,5-7H2,1-2H3/t8-,9+,10+/m1/s1. The molecule has 0 aromatic rings. The van der Waals surface area contributed by atoms with Gasteiger partial charge in [-0.3, -0.25) is 0 Å². The predicted molar refractivity (Wildman–Crippen MR) is 50.5 cm³/mol. The van der Waals surface area contributed by atoms with E-state index in [-0.39, 0.29) is 17.8 Å². The lowest BCUT2D eigenvalue weighted by Crippen LogP contribution is -2.46. The van der Waals surface area contributed by atoms with Crippen LogP contribution in [-0.2, 0) is 4.74 Å². The molecule has 0 saturated carbocycles. The van der Waals surface area contributed by atoms with Crippen molar-refractivity contribution in [3.8, 4) is 0 Å². The minimum atomic E-state index is -0.216. The Labute approximate surface area is 79.0 Å². The molecule has 13 heavy (non-hydrogen) atoms. The van der Waals surface area contributed by atoms with Gasteiger partial charge in [0.1, 0.15) is 5.60 Å². The van der Waals surface area contributed by atoms with Gasteiger partial charge in [-0.1, -0.05) is 12.2 Å². The molecule has 1 N–H and O–H groups in total. The van der Waals surface area contributed by atoms with Crippen LogP contribution >= 0.6 is 0 Å². The molecule has 2 aliphatic rings. The third-order valence-corrected chi connectivity index (χ3v) is 2.67. The molecule has 0 unspecified atom stereocenters. The molecule has 74 valence electrons. The minimum Gasteiger partial charge on any atom is -0.393 e. The Morgan fingerprint density at radius 1 is 1.62 bits per heavy atom. The molecule has 0 aliphatic carbocycles. The summed E-state index contributed by atoms with van der Waals surface area (Å²) in [4.78, 5) is 2.10. The third kappa shape index (κ3) is 1.77. The van der Waals surface area contributed by atoms with Gasteiger partial charge in [0.05, 0.1) is 12.2 Å². The van der Waals surface area contributed by atoms with E-state index in [2.05, 4.69) is 17.1 Å². The van der Waals surface area contributed by atoms with Gasteiger partial charge < -0.3 is 14.7 Å². The largest absolute Gasteiger partial charge is 0.393 e. The Bertz CT molecular complexity index is 223. The van der Waals surface area contributed by atoms with Crippen LogP contribution in [0.1, 0.15) is 12.8 Å². The first kappa shape index (κ1) is 9.19. The molecule has 2 heterocycles. The van der Waals surface area contributed by atoms with E-state index in [4.69, 9.17) is 4.74 Å². The van der Waals surface area contributed by atoms with Gasteiger partial charge in [0, 0.05) is 19.4 Å². The zero-order chi connectivity index (χ0) is 9.47. The van der Waals surface area contributed by atoms with Gasteiger partial charge in [-0.2, -0.15) is 0 Å². The average molecular weight is 183 g/mol. The van der Waals surface area contributed by atoms with Gasteiger partial charge in [0.25, 0.3) is 0 Å². The predicted octanol–water partition coefficient (Wildman–Crippen LogP) is 0.396. The van der Waals surface area contributed by atoms with Crippen molar-refractivity contribution in [2.75, 3.05) is 20.6 Å². The number of hydrogen-bond acceptors (Lipinski definition) is 3. The van der Waals surface area contributed by atoms with Gasteiger partial charge >= 0.3 is 0 Å². The first-order chi connectivity index (χ1) is 6.10. The summed E-state index contributed by atoms with van der Waals surface area (Å²) >= 11 is 0. The SMILES string of the molecule is CN(C)C[C@]12C=C[C@@H](C[C@@H](O)C1)O2. The van der Waals surface area contributed by atoms with Crippen molar-refractivity contribution >= 4 is 0 Å². The second kappa shape index (κ2) is 3.08. The fraction of sp³-hybridized carbons (Fsp3) is 0.800. The third-order valence-electron chi connectivity index (χ3n) is 2.67. The number of rotatable bonds is 2. The van der Waals surface area contributed by atoms with Crippen LogP contribution in [-0.4, -0.2) is 48.5 Å². The molecule has 2 aliphatic heterocycles. The van der Waals surface area contributed by atoms with E-state index in [1.54, 1.807) is 0 Å². The minimum absolute atomic E-state index is 0.142. The molecule has 0 aromatic heterocycles. The lowest BCUT2D eigenvalue weighted by atomic mass is 9.93. The van der Waals surface area contributed by atoms with Crippen LogP contribution < -0.4 is 0 Å². The number of fused-ring (bicyclic) bond motifs is 2. The summed E-state index contributed by atoms with van der Waals surface area (Å²) in [7, 11) is 4.06. The summed E-state index contributed by atoms with van der Waals surface area (Å²) < 4.78 is 5.85. The Kier molecular flexibility index (Phi) is 2.18. The maximum Gasteiger partial charge on any atom is 0.102 e. The maximum absolute atomic E-state index is 9.63. The van der Waals surface area contributed by atoms with E-state index in [0.717, 1.165) is 19.4 Å². The molecule has 3 heteroatoms. The highest BCUT2D eigenvalue weighted by atomic mass is 16.5. The van der Waals surface area contributed by atoms with Gasteiger partial charge in [0.2, 0.25) is 0 Å². The van der Waals surface area contributed by atoms with Crippen molar-refractivity contribution in [1.29, 1.82) is 0 Å². The molecule has 1 fully saturated rings. The molecule has 0 radical (unpaired) electrons. The van der Waals surface area contributed by atoms with Gasteiger partial charge in [-0.05, 0) is 14.1 Å². The normalized spacial score (nSPS) is 43.1. The molecule has 0 amide bonds. The Morgan fingerprint density at radius 2 is 2.38 bits per heavy atom. The van der Waals surface area contributed by atoms with E-state index in [1.165, 1.54) is 0 Å². The zero-order valence-electron chi connectivity index (χ0n) is 8.23. The van der Waals surface area contributed by atoms with Crippen molar-refractivity contribution in [2.45, 2.75) is 30.7 Å². The van der Waals surface area contributed by atoms with Gasteiger partial charge in [-0.15, -0.1) is 0 Å². The second-order valence-electron chi connectivity index (χ2n) is 4.41. The summed E-state index contributed by atoms with van der Waals surface area (Å²) in [5.74, 6) is 0. The maximum atomic E-state index is 9.63. The first-order valence-electron chi connectivity index (χ1n) is 4.80. The number of ether oxygens (including phenoxy) is 1. The smallest absolute Gasteiger partial charge is 0.102 e. The number of aliphatic hydroxyl groups excluding tert-OH is 1. The number of hydrogen-bond donors (Lipinski definition) is 1. The van der Waals surface area contributed by atoms with Crippen LogP contribution in [0, 0.1) is 0 Å². The highest BCUT2D eigenvalue weighted by Crippen LogP contribution is 2.36. The van der Waals surface area contributed by atoms with Crippen molar-refractivity contribution in [3.63, 3.8) is 0 Å². The second-order valence-corrected chi connectivity index (χ2v) is 4.41. The summed E-state index contributed by atoms with van der Waals surface area (Å²) in [5, 5.41) is 9.63. The zero-order valence-corrected chi connectivity index (χ0v) is 8.23. The molecule has 3 atom stereocenters. The van der Waals surface area contributed by atoms with E-state index >= 15 is 0 Å². The number of aliphatic hydroxyl groups is 1. The topological polar surface area (TPSA) is 32.7 Å². The molecule has 1 saturated heterocycles. The van der Waals surface area contributed by atoms with Crippen LogP contribution in [0.5, 0.6) is 0 Å². The molecule has 3 nitrogen and oxygen atoms in total. The molecule has 2 rings (SSSR count). The van der Waals surface area contributed by atoms with Crippen LogP contribution in [0.25, 0.3) is 0 Å². The van der Waals surface area contributed by atoms with E-state index < -0.39 is 0 Å². The lowest BCUT2D eigenvalue weighted by Gasteiger charge is -2.37. The quantitative estimate of drug-likeness (QED) is 0.629.